The fraction of sp³-hybridized carbons (Fsp3) is 0.632. The lowest BCUT2D eigenvalue weighted by Gasteiger charge is -2.27. The van der Waals surface area contributed by atoms with Gasteiger partial charge < -0.3 is 4.74 Å². The Hall–Kier alpha value is -1.09. The molecule has 2 nitrogen and oxygen atoms in total. The van der Waals surface area contributed by atoms with Crippen molar-refractivity contribution in [1.29, 1.82) is 0 Å². The summed E-state index contributed by atoms with van der Waals surface area (Å²) in [4.78, 5) is 12.3. The summed E-state index contributed by atoms with van der Waals surface area (Å²) >= 11 is 0. The molecule has 0 radical (unpaired) electrons. The minimum atomic E-state index is -1.35. The maximum absolute atomic E-state index is 12.3. The van der Waals surface area contributed by atoms with Crippen LogP contribution in [0.15, 0.2) is 30.3 Å². The molecule has 22 heavy (non-hydrogen) atoms. The van der Waals surface area contributed by atoms with Crippen LogP contribution >= 0.6 is 0 Å². The molecule has 1 aromatic carbocycles. The van der Waals surface area contributed by atoms with E-state index in [1.165, 1.54) is 5.56 Å². The molecule has 0 saturated heterocycles. The minimum Gasteiger partial charge on any atom is -0.469 e. The van der Waals surface area contributed by atoms with Gasteiger partial charge in [0.1, 0.15) is 0 Å². The summed E-state index contributed by atoms with van der Waals surface area (Å²) in [6.45, 7) is 12.9. The van der Waals surface area contributed by atoms with Gasteiger partial charge >= 0.3 is 5.97 Å². The fourth-order valence-electron chi connectivity index (χ4n) is 2.45. The molecular weight excluding hydrogens is 288 g/mol. The van der Waals surface area contributed by atoms with Crippen molar-refractivity contribution in [3.63, 3.8) is 0 Å². The number of hydrogen-bond donors (Lipinski definition) is 0. The number of carbonyl (C=O) groups is 1. The number of rotatable bonds is 8. The van der Waals surface area contributed by atoms with Gasteiger partial charge in [-0.1, -0.05) is 56.9 Å². The van der Waals surface area contributed by atoms with Crippen LogP contribution in [0.5, 0.6) is 0 Å². The normalized spacial score (nSPS) is 13.7. The number of carbonyl (C=O) groups excluding carboxylic acids is 1. The minimum absolute atomic E-state index is 0.0437. The summed E-state index contributed by atoms with van der Waals surface area (Å²) in [6, 6.07) is 10.6. The molecule has 0 aliphatic rings. The highest BCUT2D eigenvalue weighted by molar-refractivity contribution is 6.76. The van der Waals surface area contributed by atoms with Gasteiger partial charge in [0.2, 0.25) is 0 Å². The number of ether oxygens (including phenoxy) is 1. The van der Waals surface area contributed by atoms with Crippen molar-refractivity contribution in [2.45, 2.75) is 65.6 Å². The van der Waals surface area contributed by atoms with E-state index in [-0.39, 0.29) is 5.97 Å². The van der Waals surface area contributed by atoms with Crippen LogP contribution in [0.25, 0.3) is 0 Å². The van der Waals surface area contributed by atoms with Crippen LogP contribution in [-0.4, -0.2) is 20.3 Å². The summed E-state index contributed by atoms with van der Waals surface area (Å²) in [6.07, 6.45) is 3.61. The van der Waals surface area contributed by atoms with Gasteiger partial charge in [-0.2, -0.15) is 0 Å². The lowest BCUT2D eigenvalue weighted by Crippen LogP contribution is -2.35. The van der Waals surface area contributed by atoms with E-state index in [1.54, 1.807) is 0 Å². The maximum atomic E-state index is 12.3. The van der Waals surface area contributed by atoms with Gasteiger partial charge in [0.05, 0.1) is 19.7 Å². The summed E-state index contributed by atoms with van der Waals surface area (Å²) in [7, 11) is -1.35. The standard InChI is InChI=1S/C19H32O2Si/c1-7-16(17-11-9-8-10-12-17)13-14-19(2,3)18(20)21-15-22(4,5)6/h8-12,16H,7,13-15H2,1-6H3. The van der Waals surface area contributed by atoms with Gasteiger partial charge in [-0.05, 0) is 44.6 Å². The second-order valence-electron chi connectivity index (χ2n) is 8.08. The summed E-state index contributed by atoms with van der Waals surface area (Å²) in [5, 5.41) is 0. The molecule has 1 unspecified atom stereocenters. The predicted molar refractivity (Wildman–Crippen MR) is 96.8 cm³/mol. The Balaban J connectivity index is 2.58. The fourth-order valence-corrected chi connectivity index (χ4v) is 3.01. The second-order valence-corrected chi connectivity index (χ2v) is 13.5. The topological polar surface area (TPSA) is 26.3 Å². The van der Waals surface area contributed by atoms with E-state index in [1.807, 2.05) is 19.9 Å². The summed E-state index contributed by atoms with van der Waals surface area (Å²) < 4.78 is 5.57. The van der Waals surface area contributed by atoms with Gasteiger partial charge in [0, 0.05) is 0 Å². The molecule has 124 valence electrons. The van der Waals surface area contributed by atoms with Crippen LogP contribution in [-0.2, 0) is 9.53 Å². The Labute approximate surface area is 137 Å². The van der Waals surface area contributed by atoms with Crippen LogP contribution in [0.4, 0.5) is 0 Å². The molecule has 1 rings (SSSR count). The van der Waals surface area contributed by atoms with E-state index in [4.69, 9.17) is 4.74 Å². The SMILES string of the molecule is CCC(CCC(C)(C)C(=O)OC[Si](C)(C)C)c1ccccc1. The number of esters is 1. The molecule has 0 fully saturated rings. The van der Waals surface area contributed by atoms with Crippen molar-refractivity contribution in [2.75, 3.05) is 6.23 Å². The smallest absolute Gasteiger partial charge is 0.311 e. The highest BCUT2D eigenvalue weighted by atomic mass is 28.3. The summed E-state index contributed by atoms with van der Waals surface area (Å²) in [5.74, 6) is 0.475. The second kappa shape index (κ2) is 7.96. The third kappa shape index (κ3) is 6.35. The van der Waals surface area contributed by atoms with E-state index in [0.29, 0.717) is 12.1 Å². The maximum Gasteiger partial charge on any atom is 0.311 e. The van der Waals surface area contributed by atoms with Gasteiger partial charge in [0.15, 0.2) is 0 Å². The molecule has 0 saturated carbocycles. The third-order valence-corrected chi connectivity index (χ3v) is 5.08. The molecule has 0 amide bonds. The Kier molecular flexibility index (Phi) is 6.85. The van der Waals surface area contributed by atoms with Gasteiger partial charge in [0.25, 0.3) is 0 Å². The first kappa shape index (κ1) is 19.0. The quantitative estimate of drug-likeness (QED) is 0.473. The first-order chi connectivity index (χ1) is 10.2. The van der Waals surface area contributed by atoms with E-state index >= 15 is 0 Å². The van der Waals surface area contributed by atoms with E-state index in [9.17, 15) is 4.79 Å². The highest BCUT2D eigenvalue weighted by Crippen LogP contribution is 2.32. The highest BCUT2D eigenvalue weighted by Gasteiger charge is 2.31. The van der Waals surface area contributed by atoms with E-state index in [2.05, 4.69) is 50.8 Å². The van der Waals surface area contributed by atoms with Crippen LogP contribution in [0, 0.1) is 5.41 Å². The van der Waals surface area contributed by atoms with E-state index in [0.717, 1.165) is 19.3 Å². The van der Waals surface area contributed by atoms with Crippen molar-refractivity contribution in [2.24, 2.45) is 5.41 Å². The number of benzene rings is 1. The monoisotopic (exact) mass is 320 g/mol. The molecule has 1 atom stereocenters. The van der Waals surface area contributed by atoms with Crippen LogP contribution in [0.2, 0.25) is 19.6 Å². The third-order valence-electron chi connectivity index (χ3n) is 4.07. The molecule has 0 heterocycles. The lowest BCUT2D eigenvalue weighted by molar-refractivity contribution is -0.152. The average molecular weight is 321 g/mol. The van der Waals surface area contributed by atoms with Crippen LogP contribution < -0.4 is 0 Å². The van der Waals surface area contributed by atoms with Crippen molar-refractivity contribution in [3.8, 4) is 0 Å². The molecule has 1 aromatic rings. The van der Waals surface area contributed by atoms with Crippen molar-refractivity contribution < 1.29 is 9.53 Å². The lowest BCUT2D eigenvalue weighted by atomic mass is 9.82. The zero-order valence-corrected chi connectivity index (χ0v) is 16.1. The molecule has 3 heteroatoms. The molecular formula is C19H32O2Si. The van der Waals surface area contributed by atoms with Crippen LogP contribution in [0.3, 0.4) is 0 Å². The molecule has 0 spiro atoms. The number of hydrogen-bond acceptors (Lipinski definition) is 2. The van der Waals surface area contributed by atoms with Gasteiger partial charge in [-0.15, -0.1) is 0 Å². The molecule has 0 N–H and O–H groups in total. The zero-order valence-electron chi connectivity index (χ0n) is 15.1. The van der Waals surface area contributed by atoms with Crippen molar-refractivity contribution in [3.05, 3.63) is 35.9 Å². The Morgan fingerprint density at radius 1 is 1.18 bits per heavy atom. The Bertz CT molecular complexity index is 460. The largest absolute Gasteiger partial charge is 0.469 e. The molecule has 0 aliphatic heterocycles. The molecule has 0 aromatic heterocycles. The average Bonchev–Trinajstić information content (AvgIpc) is 2.45. The van der Waals surface area contributed by atoms with Crippen molar-refractivity contribution in [1.82, 2.24) is 0 Å². The van der Waals surface area contributed by atoms with Crippen molar-refractivity contribution >= 4 is 14.0 Å². The molecule has 0 aliphatic carbocycles. The van der Waals surface area contributed by atoms with Gasteiger partial charge in [-0.3, -0.25) is 4.79 Å². The molecule has 0 bridgehead atoms. The zero-order chi connectivity index (χ0) is 16.8. The Morgan fingerprint density at radius 3 is 2.27 bits per heavy atom. The van der Waals surface area contributed by atoms with Gasteiger partial charge in [-0.25, -0.2) is 0 Å². The van der Waals surface area contributed by atoms with E-state index < -0.39 is 13.5 Å². The van der Waals surface area contributed by atoms with Crippen LogP contribution in [0.1, 0.15) is 51.5 Å². The first-order valence-corrected chi connectivity index (χ1v) is 12.1. The predicted octanol–water partition coefficient (Wildman–Crippen LogP) is 5.41. The summed E-state index contributed by atoms with van der Waals surface area (Å²) in [5.41, 5.74) is 0.971. The first-order valence-electron chi connectivity index (χ1n) is 8.38. The Morgan fingerprint density at radius 2 is 1.77 bits per heavy atom.